The van der Waals surface area contributed by atoms with Gasteiger partial charge in [0.25, 0.3) is 0 Å². The van der Waals surface area contributed by atoms with Crippen LogP contribution in [0.3, 0.4) is 0 Å². The Morgan fingerprint density at radius 3 is 2.30 bits per heavy atom. The molecule has 0 amide bonds. The van der Waals surface area contributed by atoms with Crippen molar-refractivity contribution in [2.24, 2.45) is 5.84 Å². The van der Waals surface area contributed by atoms with Gasteiger partial charge in [-0.25, -0.2) is 13.2 Å². The van der Waals surface area contributed by atoms with Crippen molar-refractivity contribution >= 4 is 11.6 Å². The summed E-state index contributed by atoms with van der Waals surface area (Å²) in [6, 6.07) is 8.30. The highest BCUT2D eigenvalue weighted by Crippen LogP contribution is 2.23. The molecule has 1 unspecified atom stereocenters. The number of rotatable bonds is 4. The number of hydrogen-bond donors (Lipinski definition) is 2. The Balaban J connectivity index is 2.29. The maximum Gasteiger partial charge on any atom is 0.194 e. The van der Waals surface area contributed by atoms with E-state index in [-0.39, 0.29) is 5.56 Å². The van der Waals surface area contributed by atoms with E-state index in [2.05, 4.69) is 5.43 Å². The second-order valence-corrected chi connectivity index (χ2v) is 4.79. The summed E-state index contributed by atoms with van der Waals surface area (Å²) in [4.78, 5) is 0. The van der Waals surface area contributed by atoms with E-state index >= 15 is 0 Å². The lowest BCUT2D eigenvalue weighted by Crippen LogP contribution is -2.29. The lowest BCUT2D eigenvalue weighted by Gasteiger charge is -2.17. The van der Waals surface area contributed by atoms with Gasteiger partial charge >= 0.3 is 0 Å². The monoisotopic (exact) mass is 300 g/mol. The van der Waals surface area contributed by atoms with Crippen LogP contribution >= 0.6 is 11.6 Å². The van der Waals surface area contributed by atoms with Crippen molar-refractivity contribution in [3.63, 3.8) is 0 Å². The van der Waals surface area contributed by atoms with Crippen molar-refractivity contribution in [3.05, 3.63) is 70.0 Å². The third-order valence-corrected chi connectivity index (χ3v) is 3.17. The fourth-order valence-corrected chi connectivity index (χ4v) is 2.16. The van der Waals surface area contributed by atoms with Crippen molar-refractivity contribution in [2.45, 2.75) is 12.5 Å². The van der Waals surface area contributed by atoms with E-state index in [1.807, 2.05) is 6.07 Å². The number of hydrogen-bond acceptors (Lipinski definition) is 2. The molecule has 0 heterocycles. The number of nitrogens with one attached hydrogen (secondary N) is 1. The van der Waals surface area contributed by atoms with Gasteiger partial charge in [0.05, 0.1) is 6.04 Å². The maximum atomic E-state index is 13.2. The fourth-order valence-electron chi connectivity index (χ4n) is 1.95. The molecule has 0 radical (unpaired) electrons. The Labute approximate surface area is 119 Å². The third kappa shape index (κ3) is 3.30. The molecule has 106 valence electrons. The standard InChI is InChI=1S/C14H12ClF3N2/c15-10-3-1-2-8(4-10)5-13(20-19)9-6-11(16)14(18)12(17)7-9/h1-4,6-7,13,20H,5,19H2. The molecule has 6 heteroatoms. The average molecular weight is 301 g/mol. The Morgan fingerprint density at radius 1 is 1.10 bits per heavy atom. The van der Waals surface area contributed by atoms with Crippen LogP contribution in [0.4, 0.5) is 13.2 Å². The highest BCUT2D eigenvalue weighted by molar-refractivity contribution is 6.30. The Hall–Kier alpha value is -1.56. The normalized spacial score (nSPS) is 12.4. The smallest absolute Gasteiger partial charge is 0.194 e. The molecule has 0 aromatic heterocycles. The molecule has 0 saturated carbocycles. The van der Waals surface area contributed by atoms with Gasteiger partial charge in [0.1, 0.15) is 0 Å². The quantitative estimate of drug-likeness (QED) is 0.515. The highest BCUT2D eigenvalue weighted by atomic mass is 35.5. The number of halogens is 4. The summed E-state index contributed by atoms with van der Waals surface area (Å²) in [6.45, 7) is 0. The minimum atomic E-state index is -1.49. The van der Waals surface area contributed by atoms with Crippen molar-refractivity contribution < 1.29 is 13.2 Å². The zero-order chi connectivity index (χ0) is 14.7. The molecule has 0 spiro atoms. The molecule has 2 aromatic rings. The first-order valence-electron chi connectivity index (χ1n) is 5.86. The molecule has 0 aliphatic heterocycles. The van der Waals surface area contributed by atoms with Gasteiger partial charge in [-0.2, -0.15) is 0 Å². The van der Waals surface area contributed by atoms with Gasteiger partial charge in [-0.1, -0.05) is 23.7 Å². The summed E-state index contributed by atoms with van der Waals surface area (Å²) < 4.78 is 39.4. The van der Waals surface area contributed by atoms with Crippen LogP contribution in [-0.2, 0) is 6.42 Å². The summed E-state index contributed by atoms with van der Waals surface area (Å²) in [5.41, 5.74) is 3.53. The zero-order valence-corrected chi connectivity index (χ0v) is 11.1. The van der Waals surface area contributed by atoms with E-state index in [0.717, 1.165) is 17.7 Å². The Bertz CT molecular complexity index is 596. The molecule has 2 rings (SSSR count). The average Bonchev–Trinajstić information content (AvgIpc) is 2.41. The van der Waals surface area contributed by atoms with Crippen LogP contribution in [-0.4, -0.2) is 0 Å². The van der Waals surface area contributed by atoms with Crippen molar-refractivity contribution in [3.8, 4) is 0 Å². The van der Waals surface area contributed by atoms with Crippen LogP contribution in [0.2, 0.25) is 5.02 Å². The zero-order valence-electron chi connectivity index (χ0n) is 10.3. The van der Waals surface area contributed by atoms with E-state index < -0.39 is 23.5 Å². The first-order valence-corrected chi connectivity index (χ1v) is 6.24. The summed E-state index contributed by atoms with van der Waals surface area (Å²) >= 11 is 5.87. The molecule has 20 heavy (non-hydrogen) atoms. The van der Waals surface area contributed by atoms with Crippen LogP contribution < -0.4 is 11.3 Å². The van der Waals surface area contributed by atoms with Crippen LogP contribution in [0.1, 0.15) is 17.2 Å². The van der Waals surface area contributed by atoms with Crippen LogP contribution in [0.25, 0.3) is 0 Å². The Morgan fingerprint density at radius 2 is 1.75 bits per heavy atom. The topological polar surface area (TPSA) is 38.0 Å². The second kappa shape index (κ2) is 6.26. The number of benzene rings is 2. The molecule has 0 fully saturated rings. The summed E-state index contributed by atoms with van der Waals surface area (Å²) in [7, 11) is 0. The van der Waals surface area contributed by atoms with Crippen LogP contribution in [0.15, 0.2) is 36.4 Å². The van der Waals surface area contributed by atoms with Gasteiger partial charge in [-0.3, -0.25) is 11.3 Å². The van der Waals surface area contributed by atoms with Gasteiger partial charge < -0.3 is 0 Å². The Kier molecular flexibility index (Phi) is 4.65. The van der Waals surface area contributed by atoms with Crippen LogP contribution in [0.5, 0.6) is 0 Å². The summed E-state index contributed by atoms with van der Waals surface area (Å²) in [5, 5.41) is 0.551. The van der Waals surface area contributed by atoms with Gasteiger partial charge in [-0.15, -0.1) is 0 Å². The van der Waals surface area contributed by atoms with E-state index in [1.165, 1.54) is 0 Å². The van der Waals surface area contributed by atoms with Gasteiger partial charge in [0.2, 0.25) is 0 Å². The minimum absolute atomic E-state index is 0.226. The van der Waals surface area contributed by atoms with Crippen molar-refractivity contribution in [2.75, 3.05) is 0 Å². The fraction of sp³-hybridized carbons (Fsp3) is 0.143. The predicted octanol–water partition coefficient (Wildman–Crippen LogP) is 3.50. The molecule has 0 aliphatic carbocycles. The first kappa shape index (κ1) is 14.8. The molecule has 0 aliphatic rings. The largest absolute Gasteiger partial charge is 0.271 e. The maximum absolute atomic E-state index is 13.2. The molecule has 3 N–H and O–H groups in total. The van der Waals surface area contributed by atoms with Crippen LogP contribution in [0, 0.1) is 17.5 Å². The summed E-state index contributed by atoms with van der Waals surface area (Å²) in [6.07, 6.45) is 0.363. The predicted molar refractivity (Wildman–Crippen MR) is 71.5 cm³/mol. The minimum Gasteiger partial charge on any atom is -0.271 e. The van der Waals surface area contributed by atoms with Crippen molar-refractivity contribution in [1.29, 1.82) is 0 Å². The lowest BCUT2D eigenvalue weighted by molar-refractivity contribution is 0.439. The SMILES string of the molecule is NNC(Cc1cccc(Cl)c1)c1cc(F)c(F)c(F)c1. The first-order chi connectivity index (χ1) is 9.51. The number of hydrazine groups is 1. The number of nitrogens with two attached hydrogens (primary N) is 1. The molecular formula is C14H12ClF3N2. The molecule has 2 nitrogen and oxygen atoms in total. The molecule has 0 saturated heterocycles. The summed E-state index contributed by atoms with van der Waals surface area (Å²) in [5.74, 6) is 1.43. The van der Waals surface area contributed by atoms with E-state index in [4.69, 9.17) is 17.4 Å². The third-order valence-electron chi connectivity index (χ3n) is 2.94. The lowest BCUT2D eigenvalue weighted by atomic mass is 9.99. The molecular weight excluding hydrogens is 289 g/mol. The van der Waals surface area contributed by atoms with E-state index in [1.54, 1.807) is 18.2 Å². The molecule has 0 bridgehead atoms. The van der Waals surface area contributed by atoms with Gasteiger partial charge in [-0.05, 0) is 41.8 Å². The molecule has 1 atom stereocenters. The second-order valence-electron chi connectivity index (χ2n) is 4.35. The highest BCUT2D eigenvalue weighted by Gasteiger charge is 2.17. The van der Waals surface area contributed by atoms with E-state index in [0.29, 0.717) is 11.4 Å². The van der Waals surface area contributed by atoms with E-state index in [9.17, 15) is 13.2 Å². The van der Waals surface area contributed by atoms with Crippen molar-refractivity contribution in [1.82, 2.24) is 5.43 Å². The van der Waals surface area contributed by atoms with Gasteiger partial charge in [0, 0.05) is 5.02 Å². The molecule has 2 aromatic carbocycles. The van der Waals surface area contributed by atoms with Gasteiger partial charge in [0.15, 0.2) is 17.5 Å².